The zero-order valence-electron chi connectivity index (χ0n) is 12.5. The van der Waals surface area contributed by atoms with Gasteiger partial charge in [-0.1, -0.05) is 47.1 Å². The van der Waals surface area contributed by atoms with E-state index in [1.165, 1.54) is 5.56 Å². The number of hydrogen-bond donors (Lipinski definition) is 1. The van der Waals surface area contributed by atoms with E-state index in [2.05, 4.69) is 46.1 Å². The third-order valence-electron chi connectivity index (χ3n) is 3.29. The van der Waals surface area contributed by atoms with Gasteiger partial charge in [0, 0.05) is 28.3 Å². The average Bonchev–Trinajstić information content (AvgIpc) is 2.52. The highest BCUT2D eigenvalue weighted by Gasteiger charge is 2.05. The van der Waals surface area contributed by atoms with Crippen molar-refractivity contribution in [1.82, 2.24) is 10.3 Å². The van der Waals surface area contributed by atoms with E-state index in [4.69, 9.17) is 4.74 Å². The van der Waals surface area contributed by atoms with Crippen LogP contribution in [0.1, 0.15) is 37.4 Å². The van der Waals surface area contributed by atoms with E-state index in [0.29, 0.717) is 18.5 Å². The van der Waals surface area contributed by atoms with Crippen molar-refractivity contribution in [3.63, 3.8) is 0 Å². The molecule has 1 aromatic carbocycles. The maximum absolute atomic E-state index is 5.73. The van der Waals surface area contributed by atoms with Gasteiger partial charge in [-0.05, 0) is 31.5 Å². The fraction of sp³-hybridized carbons (Fsp3) is 0.353. The minimum atomic E-state index is 0.315. The number of nitrogens with one attached hydrogen (secondary N) is 1. The van der Waals surface area contributed by atoms with E-state index in [1.54, 1.807) is 0 Å². The summed E-state index contributed by atoms with van der Waals surface area (Å²) in [6.07, 6.45) is 3.01. The molecule has 0 spiro atoms. The largest absolute Gasteiger partial charge is 0.473 e. The summed E-state index contributed by atoms with van der Waals surface area (Å²) in [6.45, 7) is 5.84. The Morgan fingerprint density at radius 1 is 1.24 bits per heavy atom. The van der Waals surface area contributed by atoms with Crippen LogP contribution in [0.15, 0.2) is 47.1 Å². The highest BCUT2D eigenvalue weighted by Crippen LogP contribution is 2.19. The lowest BCUT2D eigenvalue weighted by Gasteiger charge is -2.13. The number of benzene rings is 1. The molecule has 2 rings (SSSR count). The van der Waals surface area contributed by atoms with Gasteiger partial charge in [-0.15, -0.1) is 0 Å². The minimum Gasteiger partial charge on any atom is -0.473 e. The molecule has 4 heteroatoms. The molecule has 1 aromatic heterocycles. The zero-order chi connectivity index (χ0) is 15.1. The van der Waals surface area contributed by atoms with Crippen molar-refractivity contribution in [2.45, 2.75) is 32.9 Å². The SMILES string of the molecule is CCCNC(C)c1ccc(OCc2ccccc2Br)nc1. The van der Waals surface area contributed by atoms with Crippen molar-refractivity contribution < 1.29 is 4.74 Å². The standard InChI is InChI=1S/C17H21BrN2O/c1-3-10-19-13(2)14-8-9-17(20-11-14)21-12-15-6-4-5-7-16(15)18/h4-9,11,13,19H,3,10,12H2,1-2H3. The fourth-order valence-corrected chi connectivity index (χ4v) is 2.38. The van der Waals surface area contributed by atoms with Gasteiger partial charge < -0.3 is 10.1 Å². The zero-order valence-corrected chi connectivity index (χ0v) is 14.1. The first-order chi connectivity index (χ1) is 10.2. The molecule has 2 aromatic rings. The molecule has 0 fully saturated rings. The van der Waals surface area contributed by atoms with Crippen LogP contribution in [-0.2, 0) is 6.61 Å². The van der Waals surface area contributed by atoms with E-state index >= 15 is 0 Å². The molecule has 0 bridgehead atoms. The van der Waals surface area contributed by atoms with Crippen molar-refractivity contribution in [2.24, 2.45) is 0 Å². The number of rotatable bonds is 7. The van der Waals surface area contributed by atoms with Crippen LogP contribution in [0.5, 0.6) is 5.88 Å². The highest BCUT2D eigenvalue weighted by atomic mass is 79.9. The van der Waals surface area contributed by atoms with E-state index in [-0.39, 0.29) is 0 Å². The maximum Gasteiger partial charge on any atom is 0.213 e. The summed E-state index contributed by atoms with van der Waals surface area (Å²) in [6, 6.07) is 12.3. The average molecular weight is 349 g/mol. The quantitative estimate of drug-likeness (QED) is 0.800. The molecule has 0 aliphatic heterocycles. The summed E-state index contributed by atoms with van der Waals surface area (Å²) in [5.41, 5.74) is 2.29. The van der Waals surface area contributed by atoms with Crippen LogP contribution in [0.4, 0.5) is 0 Å². The summed E-state index contributed by atoms with van der Waals surface area (Å²) >= 11 is 3.52. The molecular weight excluding hydrogens is 328 g/mol. The summed E-state index contributed by atoms with van der Waals surface area (Å²) in [5.74, 6) is 0.650. The molecule has 1 atom stereocenters. The van der Waals surface area contributed by atoms with Crippen LogP contribution in [0.25, 0.3) is 0 Å². The summed E-state index contributed by atoms with van der Waals surface area (Å²) in [4.78, 5) is 4.38. The molecule has 0 saturated carbocycles. The topological polar surface area (TPSA) is 34.1 Å². The molecule has 0 aliphatic carbocycles. The van der Waals surface area contributed by atoms with Gasteiger partial charge in [0.25, 0.3) is 0 Å². The Hall–Kier alpha value is -1.39. The Morgan fingerprint density at radius 3 is 2.71 bits per heavy atom. The molecule has 0 radical (unpaired) electrons. The molecule has 0 amide bonds. The second kappa shape index (κ2) is 8.15. The van der Waals surface area contributed by atoms with Crippen molar-refractivity contribution in [1.29, 1.82) is 0 Å². The summed E-state index contributed by atoms with van der Waals surface area (Å²) in [7, 11) is 0. The third-order valence-corrected chi connectivity index (χ3v) is 4.07. The smallest absolute Gasteiger partial charge is 0.213 e. The number of halogens is 1. The monoisotopic (exact) mass is 348 g/mol. The predicted molar refractivity (Wildman–Crippen MR) is 89.4 cm³/mol. The Morgan fingerprint density at radius 2 is 2.05 bits per heavy atom. The minimum absolute atomic E-state index is 0.315. The van der Waals surface area contributed by atoms with Gasteiger partial charge in [0.15, 0.2) is 0 Å². The predicted octanol–water partition coefficient (Wildman–Crippen LogP) is 4.48. The van der Waals surface area contributed by atoms with Crippen molar-refractivity contribution in [3.05, 3.63) is 58.2 Å². The van der Waals surface area contributed by atoms with Gasteiger partial charge in [-0.25, -0.2) is 4.98 Å². The first-order valence-electron chi connectivity index (χ1n) is 7.26. The van der Waals surface area contributed by atoms with Gasteiger partial charge in [0.1, 0.15) is 6.61 Å². The lowest BCUT2D eigenvalue weighted by atomic mass is 10.1. The van der Waals surface area contributed by atoms with Gasteiger partial charge in [0.2, 0.25) is 5.88 Å². The van der Waals surface area contributed by atoms with E-state index in [1.807, 2.05) is 36.5 Å². The van der Waals surface area contributed by atoms with Crippen LogP contribution in [0, 0.1) is 0 Å². The van der Waals surface area contributed by atoms with Gasteiger partial charge in [0.05, 0.1) is 0 Å². The van der Waals surface area contributed by atoms with Crippen molar-refractivity contribution in [3.8, 4) is 5.88 Å². The van der Waals surface area contributed by atoms with Crippen molar-refractivity contribution in [2.75, 3.05) is 6.54 Å². The van der Waals surface area contributed by atoms with Crippen LogP contribution >= 0.6 is 15.9 Å². The Balaban J connectivity index is 1.92. The lowest BCUT2D eigenvalue weighted by molar-refractivity contribution is 0.293. The lowest BCUT2D eigenvalue weighted by Crippen LogP contribution is -2.19. The van der Waals surface area contributed by atoms with E-state index < -0.39 is 0 Å². The Bertz CT molecular complexity index is 557. The Kier molecular flexibility index (Phi) is 6.21. The molecule has 112 valence electrons. The van der Waals surface area contributed by atoms with Crippen LogP contribution in [-0.4, -0.2) is 11.5 Å². The molecule has 21 heavy (non-hydrogen) atoms. The molecule has 3 nitrogen and oxygen atoms in total. The molecular formula is C17H21BrN2O. The van der Waals surface area contributed by atoms with Crippen molar-refractivity contribution >= 4 is 15.9 Å². The fourth-order valence-electron chi connectivity index (χ4n) is 1.98. The number of nitrogens with zero attached hydrogens (tertiary/aromatic N) is 1. The van der Waals surface area contributed by atoms with Crippen LogP contribution < -0.4 is 10.1 Å². The van der Waals surface area contributed by atoms with Gasteiger partial charge >= 0.3 is 0 Å². The summed E-state index contributed by atoms with van der Waals surface area (Å²) < 4.78 is 6.78. The Labute approximate surface area is 134 Å². The van der Waals surface area contributed by atoms with E-state index in [9.17, 15) is 0 Å². The molecule has 1 N–H and O–H groups in total. The molecule has 0 aliphatic rings. The summed E-state index contributed by atoms with van der Waals surface area (Å²) in [5, 5.41) is 3.45. The highest BCUT2D eigenvalue weighted by molar-refractivity contribution is 9.10. The maximum atomic E-state index is 5.73. The second-order valence-corrected chi connectivity index (χ2v) is 5.84. The first kappa shape index (κ1) is 16.0. The number of aromatic nitrogens is 1. The molecule has 0 saturated heterocycles. The number of pyridine rings is 1. The van der Waals surface area contributed by atoms with E-state index in [0.717, 1.165) is 23.0 Å². The third kappa shape index (κ3) is 4.83. The van der Waals surface area contributed by atoms with Gasteiger partial charge in [-0.3, -0.25) is 0 Å². The second-order valence-electron chi connectivity index (χ2n) is 4.99. The molecule has 1 unspecified atom stereocenters. The van der Waals surface area contributed by atoms with Crippen LogP contribution in [0.3, 0.4) is 0 Å². The van der Waals surface area contributed by atoms with Gasteiger partial charge in [-0.2, -0.15) is 0 Å². The molecule has 1 heterocycles. The normalized spacial score (nSPS) is 12.1. The number of hydrogen-bond acceptors (Lipinski definition) is 3. The van der Waals surface area contributed by atoms with Crippen LogP contribution in [0.2, 0.25) is 0 Å². The first-order valence-corrected chi connectivity index (χ1v) is 8.05. The number of ether oxygens (including phenoxy) is 1.